The molecule has 1 aliphatic rings. The van der Waals surface area contributed by atoms with Crippen molar-refractivity contribution in [1.82, 2.24) is 14.8 Å². The van der Waals surface area contributed by atoms with Crippen LogP contribution in [0.2, 0.25) is 0 Å². The molecule has 0 unspecified atom stereocenters. The number of aromatic nitrogens is 3. The number of carbonyl (C=O) groups excluding carboxylic acids is 1. The maximum absolute atomic E-state index is 14.5. The molecule has 1 aliphatic heterocycles. The van der Waals surface area contributed by atoms with Crippen LogP contribution in [0.1, 0.15) is 36.7 Å². The largest absolute Gasteiger partial charge is 0.462 e. The lowest BCUT2D eigenvalue weighted by Crippen LogP contribution is -2.21. The van der Waals surface area contributed by atoms with Crippen molar-refractivity contribution in [2.24, 2.45) is 5.41 Å². The van der Waals surface area contributed by atoms with Gasteiger partial charge in [-0.2, -0.15) is 0 Å². The number of rotatable bonds is 4. The van der Waals surface area contributed by atoms with Crippen LogP contribution in [0.25, 0.3) is 10.7 Å². The first-order valence-corrected chi connectivity index (χ1v) is 11.1. The summed E-state index contributed by atoms with van der Waals surface area (Å²) in [6.45, 7) is 7.07. The number of nitrogens with zero attached hydrogens (tertiary/aromatic N) is 3. The molecule has 152 valence electrons. The van der Waals surface area contributed by atoms with Gasteiger partial charge in [0.05, 0.1) is 22.7 Å². The molecule has 9 heteroatoms. The summed E-state index contributed by atoms with van der Waals surface area (Å²) in [5.74, 6) is -0.0711. The average Bonchev–Trinajstić information content (AvgIpc) is 3.18. The molecule has 0 saturated heterocycles. The van der Waals surface area contributed by atoms with E-state index in [0.29, 0.717) is 22.7 Å². The standard InChI is InChI=1S/C20H20FIN4O2S/c1-4-28-19(27)15-12-8-20(2,3)9-26-10-23-25-17(26)16(12)29-18(15)24-14-6-5-11(22)7-13(14)21/h5-7,10,24H,4,8-9H2,1-3H3. The van der Waals surface area contributed by atoms with Crippen LogP contribution in [0.3, 0.4) is 0 Å². The molecule has 0 fully saturated rings. The van der Waals surface area contributed by atoms with Crippen molar-refractivity contribution in [2.75, 3.05) is 11.9 Å². The summed E-state index contributed by atoms with van der Waals surface area (Å²) in [7, 11) is 0. The van der Waals surface area contributed by atoms with Gasteiger partial charge in [-0.25, -0.2) is 9.18 Å². The Kier molecular flexibility index (Phi) is 5.36. The molecule has 29 heavy (non-hydrogen) atoms. The fourth-order valence-corrected chi connectivity index (χ4v) is 5.25. The topological polar surface area (TPSA) is 69.0 Å². The molecule has 3 heterocycles. The van der Waals surface area contributed by atoms with Gasteiger partial charge in [0.25, 0.3) is 0 Å². The fourth-order valence-electron chi connectivity index (χ4n) is 3.58. The number of nitrogens with one attached hydrogen (secondary N) is 1. The van der Waals surface area contributed by atoms with Gasteiger partial charge in [0.1, 0.15) is 17.1 Å². The summed E-state index contributed by atoms with van der Waals surface area (Å²) in [4.78, 5) is 13.8. The van der Waals surface area contributed by atoms with Crippen LogP contribution in [0, 0.1) is 14.8 Å². The minimum absolute atomic E-state index is 0.115. The molecule has 6 nitrogen and oxygen atoms in total. The Morgan fingerprint density at radius 1 is 1.45 bits per heavy atom. The Hall–Kier alpha value is -2.01. The first kappa shape index (κ1) is 20.3. The third kappa shape index (κ3) is 3.89. The summed E-state index contributed by atoms with van der Waals surface area (Å²) >= 11 is 3.44. The molecule has 0 radical (unpaired) electrons. The molecular weight excluding hydrogens is 506 g/mol. The molecule has 0 amide bonds. The third-order valence-electron chi connectivity index (χ3n) is 4.74. The average molecular weight is 526 g/mol. The third-order valence-corrected chi connectivity index (χ3v) is 6.55. The molecule has 1 N–H and O–H groups in total. The number of fused-ring (bicyclic) bond motifs is 3. The van der Waals surface area contributed by atoms with E-state index in [0.717, 1.165) is 26.4 Å². The molecule has 4 rings (SSSR count). The molecule has 0 spiro atoms. The second-order valence-corrected chi connectivity index (χ2v) is 9.97. The van der Waals surface area contributed by atoms with Crippen LogP contribution >= 0.6 is 33.9 Å². The Balaban J connectivity index is 1.89. The Morgan fingerprint density at radius 2 is 2.24 bits per heavy atom. The van der Waals surface area contributed by atoms with Gasteiger partial charge in [-0.1, -0.05) is 13.8 Å². The lowest BCUT2D eigenvalue weighted by Gasteiger charge is -2.23. The summed E-state index contributed by atoms with van der Waals surface area (Å²) in [6, 6.07) is 4.93. The number of carbonyl (C=O) groups is 1. The number of ether oxygens (including phenoxy) is 1. The van der Waals surface area contributed by atoms with Gasteiger partial charge in [-0.3, -0.25) is 0 Å². The minimum Gasteiger partial charge on any atom is -0.462 e. The van der Waals surface area contributed by atoms with Gasteiger partial charge in [-0.15, -0.1) is 21.5 Å². The van der Waals surface area contributed by atoms with Crippen molar-refractivity contribution in [3.8, 4) is 10.7 Å². The van der Waals surface area contributed by atoms with Crippen LogP contribution in [-0.2, 0) is 17.7 Å². The smallest absolute Gasteiger partial charge is 0.341 e. The molecule has 1 aromatic carbocycles. The van der Waals surface area contributed by atoms with E-state index in [1.165, 1.54) is 17.4 Å². The SMILES string of the molecule is CCOC(=O)c1c(Nc2ccc(I)cc2F)sc2c1CC(C)(C)Cn1cnnc1-2. The van der Waals surface area contributed by atoms with Crippen molar-refractivity contribution in [2.45, 2.75) is 33.7 Å². The van der Waals surface area contributed by atoms with Crippen molar-refractivity contribution >= 4 is 50.6 Å². The van der Waals surface area contributed by atoms with Crippen molar-refractivity contribution in [3.63, 3.8) is 0 Å². The van der Waals surface area contributed by atoms with E-state index in [-0.39, 0.29) is 17.8 Å². The number of esters is 1. The first-order valence-electron chi connectivity index (χ1n) is 9.22. The van der Waals surface area contributed by atoms with Crippen LogP contribution < -0.4 is 5.32 Å². The zero-order valence-electron chi connectivity index (χ0n) is 16.3. The summed E-state index contributed by atoms with van der Waals surface area (Å²) in [5, 5.41) is 12.0. The monoisotopic (exact) mass is 526 g/mol. The second kappa shape index (κ2) is 7.67. The van der Waals surface area contributed by atoms with Gasteiger partial charge >= 0.3 is 5.97 Å². The molecule has 0 bridgehead atoms. The van der Waals surface area contributed by atoms with E-state index in [9.17, 15) is 9.18 Å². The Bertz CT molecular complexity index is 1090. The molecule has 0 saturated carbocycles. The van der Waals surface area contributed by atoms with Crippen LogP contribution in [0.4, 0.5) is 15.1 Å². The van der Waals surface area contributed by atoms with Gasteiger partial charge in [0, 0.05) is 10.1 Å². The van der Waals surface area contributed by atoms with Crippen LogP contribution in [0.15, 0.2) is 24.5 Å². The summed E-state index contributed by atoms with van der Waals surface area (Å²) in [6.07, 6.45) is 2.38. The molecule has 0 aliphatic carbocycles. The predicted molar refractivity (Wildman–Crippen MR) is 119 cm³/mol. The zero-order chi connectivity index (χ0) is 20.8. The van der Waals surface area contributed by atoms with Crippen molar-refractivity contribution in [1.29, 1.82) is 0 Å². The number of hydrogen-bond acceptors (Lipinski definition) is 6. The summed E-state index contributed by atoms with van der Waals surface area (Å²) < 4.78 is 22.6. The van der Waals surface area contributed by atoms with E-state index in [1.807, 2.05) is 10.6 Å². The fraction of sp³-hybridized carbons (Fsp3) is 0.350. The van der Waals surface area contributed by atoms with Gasteiger partial charge in [0.2, 0.25) is 0 Å². The highest BCUT2D eigenvalue weighted by Crippen LogP contribution is 2.46. The van der Waals surface area contributed by atoms with Crippen LogP contribution in [-0.4, -0.2) is 27.3 Å². The van der Waals surface area contributed by atoms with E-state index in [2.05, 4.69) is 52.0 Å². The van der Waals surface area contributed by atoms with E-state index in [1.54, 1.807) is 19.3 Å². The molecular formula is C20H20FIN4O2S. The van der Waals surface area contributed by atoms with Gasteiger partial charge in [0.15, 0.2) is 5.82 Å². The van der Waals surface area contributed by atoms with Crippen LogP contribution in [0.5, 0.6) is 0 Å². The number of benzene rings is 1. The highest BCUT2D eigenvalue weighted by atomic mass is 127. The number of halogens is 2. The Labute approximate surface area is 185 Å². The number of anilines is 2. The quantitative estimate of drug-likeness (QED) is 0.372. The highest BCUT2D eigenvalue weighted by Gasteiger charge is 2.35. The normalized spacial score (nSPS) is 14.7. The number of thiophene rings is 1. The van der Waals surface area contributed by atoms with E-state index >= 15 is 0 Å². The second-order valence-electron chi connectivity index (χ2n) is 7.71. The van der Waals surface area contributed by atoms with E-state index in [4.69, 9.17) is 4.74 Å². The highest BCUT2D eigenvalue weighted by molar-refractivity contribution is 14.1. The maximum atomic E-state index is 14.5. The lowest BCUT2D eigenvalue weighted by atomic mass is 9.85. The van der Waals surface area contributed by atoms with E-state index < -0.39 is 5.97 Å². The lowest BCUT2D eigenvalue weighted by molar-refractivity contribution is 0.0526. The van der Waals surface area contributed by atoms with Crippen molar-refractivity contribution in [3.05, 3.63) is 45.0 Å². The zero-order valence-corrected chi connectivity index (χ0v) is 19.2. The molecule has 0 atom stereocenters. The molecule has 2 aromatic heterocycles. The first-order chi connectivity index (χ1) is 13.8. The van der Waals surface area contributed by atoms with Crippen molar-refractivity contribution < 1.29 is 13.9 Å². The predicted octanol–water partition coefficient (Wildman–Crippen LogP) is 5.25. The number of hydrogen-bond donors (Lipinski definition) is 1. The molecule has 3 aromatic rings. The van der Waals surface area contributed by atoms with Gasteiger partial charge < -0.3 is 14.6 Å². The minimum atomic E-state index is -0.415. The maximum Gasteiger partial charge on any atom is 0.341 e. The summed E-state index contributed by atoms with van der Waals surface area (Å²) in [5.41, 5.74) is 1.52. The Morgan fingerprint density at radius 3 is 2.97 bits per heavy atom. The van der Waals surface area contributed by atoms with Gasteiger partial charge in [-0.05, 0) is 65.1 Å².